The molecular weight excluding hydrogens is 429 g/mol. The minimum atomic E-state index is 0. The lowest BCUT2D eigenvalue weighted by molar-refractivity contribution is 0.327. The van der Waals surface area contributed by atoms with Crippen LogP contribution in [0, 0.1) is 0 Å². The van der Waals surface area contributed by atoms with Gasteiger partial charge in [-0.05, 0) is 61.9 Å². The first-order valence-electron chi connectivity index (χ1n) is 9.88. The summed E-state index contributed by atoms with van der Waals surface area (Å²) in [5.41, 5.74) is 13.0. The summed E-state index contributed by atoms with van der Waals surface area (Å²) in [7, 11) is 0. The van der Waals surface area contributed by atoms with Crippen molar-refractivity contribution in [1.82, 2.24) is 15.3 Å². The van der Waals surface area contributed by atoms with Crippen LogP contribution in [0.3, 0.4) is 0 Å². The van der Waals surface area contributed by atoms with Gasteiger partial charge < -0.3 is 16.0 Å². The van der Waals surface area contributed by atoms with Gasteiger partial charge in [-0.25, -0.2) is 9.97 Å². The summed E-state index contributed by atoms with van der Waals surface area (Å²) < 4.78 is 0. The summed E-state index contributed by atoms with van der Waals surface area (Å²) >= 11 is 0. The van der Waals surface area contributed by atoms with Crippen molar-refractivity contribution >= 4 is 48.7 Å². The second kappa shape index (κ2) is 9.36. The van der Waals surface area contributed by atoms with Gasteiger partial charge in [0.1, 0.15) is 12.1 Å². The molecule has 1 spiro atoms. The fourth-order valence-corrected chi connectivity index (χ4v) is 5.40. The number of aromatic nitrogens is 2. The summed E-state index contributed by atoms with van der Waals surface area (Å²) in [5.74, 6) is 1.66. The predicted molar refractivity (Wildman–Crippen MR) is 126 cm³/mol. The first-order valence-corrected chi connectivity index (χ1v) is 9.88. The number of nitrogens with two attached hydrogens (primary N) is 1. The van der Waals surface area contributed by atoms with Crippen LogP contribution in [-0.4, -0.2) is 29.6 Å². The van der Waals surface area contributed by atoms with E-state index in [1.807, 2.05) is 0 Å². The van der Waals surface area contributed by atoms with Gasteiger partial charge in [-0.15, -0.1) is 37.2 Å². The quantitative estimate of drug-likeness (QED) is 0.711. The number of piperidine rings is 1. The van der Waals surface area contributed by atoms with Gasteiger partial charge in [0.2, 0.25) is 0 Å². The van der Waals surface area contributed by atoms with E-state index >= 15 is 0 Å². The van der Waals surface area contributed by atoms with E-state index in [9.17, 15) is 0 Å². The Morgan fingerprint density at radius 2 is 1.93 bits per heavy atom. The van der Waals surface area contributed by atoms with Crippen LogP contribution < -0.4 is 16.0 Å². The van der Waals surface area contributed by atoms with Crippen molar-refractivity contribution in [3.05, 3.63) is 46.9 Å². The van der Waals surface area contributed by atoms with Gasteiger partial charge in [-0.3, -0.25) is 0 Å². The zero-order chi connectivity index (χ0) is 17.7. The Labute approximate surface area is 191 Å². The van der Waals surface area contributed by atoms with Crippen LogP contribution in [0.1, 0.15) is 54.5 Å². The van der Waals surface area contributed by atoms with E-state index in [2.05, 4.69) is 40.3 Å². The lowest BCUT2D eigenvalue weighted by Gasteiger charge is -2.36. The van der Waals surface area contributed by atoms with Gasteiger partial charge in [0.05, 0.1) is 0 Å². The van der Waals surface area contributed by atoms with Gasteiger partial charge in [0.25, 0.3) is 0 Å². The molecule has 3 aliphatic rings. The van der Waals surface area contributed by atoms with Crippen molar-refractivity contribution in [3.63, 3.8) is 0 Å². The number of anilines is 2. The second-order valence-electron chi connectivity index (χ2n) is 8.13. The van der Waals surface area contributed by atoms with Crippen molar-refractivity contribution in [3.8, 4) is 0 Å². The van der Waals surface area contributed by atoms with Crippen molar-refractivity contribution in [2.24, 2.45) is 5.73 Å². The summed E-state index contributed by atoms with van der Waals surface area (Å²) in [4.78, 5) is 11.8. The normalized spacial score (nSPS) is 20.9. The van der Waals surface area contributed by atoms with Crippen LogP contribution in [0.15, 0.2) is 24.5 Å². The van der Waals surface area contributed by atoms with E-state index < -0.39 is 0 Å². The molecule has 1 fully saturated rings. The summed E-state index contributed by atoms with van der Waals surface area (Å²) in [6, 6.07) is 6.62. The number of hydrogen-bond acceptors (Lipinski definition) is 5. The summed E-state index contributed by atoms with van der Waals surface area (Å²) in [6.07, 6.45) is 6.34. The van der Waals surface area contributed by atoms with E-state index in [0.29, 0.717) is 12.5 Å². The minimum Gasteiger partial charge on any atom is -0.326 e. The number of nitrogens with zero attached hydrogens (tertiary/aromatic N) is 3. The maximum Gasteiger partial charge on any atom is 0.140 e. The zero-order valence-corrected chi connectivity index (χ0v) is 19.1. The SMILES string of the molecule is CC1CCc2ncnc(N3CC4(CCNCC4)c4c(CN)cccc43)c21.Cl.Cl.Cl. The fourth-order valence-electron chi connectivity index (χ4n) is 5.40. The molecule has 0 bridgehead atoms. The highest BCUT2D eigenvalue weighted by Gasteiger charge is 2.46. The molecule has 1 aromatic carbocycles. The summed E-state index contributed by atoms with van der Waals surface area (Å²) in [6.45, 7) is 6.07. The molecule has 1 aromatic heterocycles. The number of benzene rings is 1. The first-order chi connectivity index (χ1) is 12.7. The Kier molecular flexibility index (Phi) is 7.80. The molecule has 5 rings (SSSR count). The molecule has 3 N–H and O–H groups in total. The van der Waals surface area contributed by atoms with E-state index in [1.165, 1.54) is 34.5 Å². The monoisotopic (exact) mass is 457 g/mol. The molecule has 0 amide bonds. The molecule has 2 aromatic rings. The van der Waals surface area contributed by atoms with Crippen molar-refractivity contribution in [2.45, 2.75) is 50.5 Å². The molecule has 2 aliphatic heterocycles. The third-order valence-corrected chi connectivity index (χ3v) is 6.70. The number of halogens is 3. The molecule has 160 valence electrons. The van der Waals surface area contributed by atoms with Crippen LogP contribution in [0.4, 0.5) is 11.5 Å². The predicted octanol–water partition coefficient (Wildman–Crippen LogP) is 4.02. The molecule has 1 saturated heterocycles. The van der Waals surface area contributed by atoms with Crippen LogP contribution in [0.5, 0.6) is 0 Å². The molecule has 8 heteroatoms. The third-order valence-electron chi connectivity index (χ3n) is 6.70. The van der Waals surface area contributed by atoms with Crippen molar-refractivity contribution < 1.29 is 0 Å². The Morgan fingerprint density at radius 3 is 2.66 bits per heavy atom. The lowest BCUT2D eigenvalue weighted by atomic mass is 9.73. The number of hydrogen-bond donors (Lipinski definition) is 2. The molecule has 0 saturated carbocycles. The van der Waals surface area contributed by atoms with E-state index in [4.69, 9.17) is 10.7 Å². The van der Waals surface area contributed by atoms with E-state index in [0.717, 1.165) is 44.7 Å². The van der Waals surface area contributed by atoms with Gasteiger partial charge in [0, 0.05) is 35.4 Å². The minimum absolute atomic E-state index is 0. The summed E-state index contributed by atoms with van der Waals surface area (Å²) in [5, 5.41) is 3.53. The number of rotatable bonds is 2. The largest absolute Gasteiger partial charge is 0.326 e. The molecular formula is C21H30Cl3N5. The third kappa shape index (κ3) is 3.72. The topological polar surface area (TPSA) is 67.1 Å². The van der Waals surface area contributed by atoms with Crippen LogP contribution in [-0.2, 0) is 18.4 Å². The molecule has 1 unspecified atom stereocenters. The van der Waals surface area contributed by atoms with Gasteiger partial charge in [-0.2, -0.15) is 0 Å². The number of nitrogens with one attached hydrogen (secondary N) is 1. The average Bonchev–Trinajstić information content (AvgIpc) is 3.22. The maximum absolute atomic E-state index is 6.15. The van der Waals surface area contributed by atoms with Gasteiger partial charge >= 0.3 is 0 Å². The van der Waals surface area contributed by atoms with Crippen LogP contribution in [0.2, 0.25) is 0 Å². The molecule has 1 aliphatic carbocycles. The Hall–Kier alpha value is -1.11. The molecule has 3 heterocycles. The van der Waals surface area contributed by atoms with Gasteiger partial charge in [0.15, 0.2) is 0 Å². The molecule has 1 atom stereocenters. The highest BCUT2D eigenvalue weighted by Crippen LogP contribution is 2.51. The lowest BCUT2D eigenvalue weighted by Crippen LogP contribution is -2.43. The molecule has 29 heavy (non-hydrogen) atoms. The van der Waals surface area contributed by atoms with E-state index in [1.54, 1.807) is 6.33 Å². The average molecular weight is 459 g/mol. The standard InChI is InChI=1S/C21H27N5.3ClH/c1-14-5-6-16-18(14)20(25-13-24-16)26-12-21(7-9-23-10-8-21)19-15(11-22)3-2-4-17(19)26;;;/h2-4,13-14,23H,5-12,22H2,1H3;3*1H. The van der Waals surface area contributed by atoms with Crippen LogP contribution in [0.25, 0.3) is 0 Å². The molecule has 5 nitrogen and oxygen atoms in total. The van der Waals surface area contributed by atoms with Crippen LogP contribution >= 0.6 is 37.2 Å². The van der Waals surface area contributed by atoms with E-state index in [-0.39, 0.29) is 42.6 Å². The highest BCUT2D eigenvalue weighted by atomic mass is 35.5. The zero-order valence-electron chi connectivity index (χ0n) is 16.7. The smallest absolute Gasteiger partial charge is 0.140 e. The highest BCUT2D eigenvalue weighted by molar-refractivity contribution is 5.86. The van der Waals surface area contributed by atoms with Crippen molar-refractivity contribution in [2.75, 3.05) is 24.5 Å². The Bertz CT molecular complexity index is 854. The fraction of sp³-hybridized carbons (Fsp3) is 0.524. The number of fused-ring (bicyclic) bond motifs is 3. The molecule has 0 radical (unpaired) electrons. The Morgan fingerprint density at radius 1 is 1.17 bits per heavy atom. The second-order valence-corrected chi connectivity index (χ2v) is 8.13. The maximum atomic E-state index is 6.15. The van der Waals surface area contributed by atoms with Gasteiger partial charge in [-0.1, -0.05) is 19.1 Å². The van der Waals surface area contributed by atoms with Crippen molar-refractivity contribution in [1.29, 1.82) is 0 Å². The Balaban J connectivity index is 0.000001000. The number of aryl methyl sites for hydroxylation is 1. The first kappa shape index (κ1) is 24.2.